The first-order valence-corrected chi connectivity index (χ1v) is 8.59. The van der Waals surface area contributed by atoms with Gasteiger partial charge in [0.25, 0.3) is 11.5 Å². The number of carbonyl (C=O) groups excluding carboxylic acids is 1. The van der Waals surface area contributed by atoms with Gasteiger partial charge in [-0.05, 0) is 42.8 Å². The van der Waals surface area contributed by atoms with Crippen molar-refractivity contribution in [1.29, 1.82) is 0 Å². The Morgan fingerprint density at radius 2 is 2.04 bits per heavy atom. The first kappa shape index (κ1) is 15.4. The van der Waals surface area contributed by atoms with E-state index in [0.717, 1.165) is 4.47 Å². The van der Waals surface area contributed by atoms with Gasteiger partial charge in [-0.1, -0.05) is 22.0 Å². The minimum Gasteiger partial charge on any atom is -0.481 e. The number of nitrogens with one attached hydrogen (secondary N) is 1. The number of fused-ring (bicyclic) bond motifs is 1. The summed E-state index contributed by atoms with van der Waals surface area (Å²) < 4.78 is 0.792. The fourth-order valence-electron chi connectivity index (χ4n) is 3.83. The molecule has 1 aromatic heterocycles. The summed E-state index contributed by atoms with van der Waals surface area (Å²) in [6.07, 6.45) is 1.88. The minimum atomic E-state index is -0.848. The normalized spacial score (nSPS) is 21.4. The highest BCUT2D eigenvalue weighted by Crippen LogP contribution is 2.53. The van der Waals surface area contributed by atoms with Gasteiger partial charge in [0.2, 0.25) is 0 Å². The lowest BCUT2D eigenvalue weighted by Crippen LogP contribution is -2.42. The van der Waals surface area contributed by atoms with Crippen LogP contribution < -0.4 is 5.56 Å². The summed E-state index contributed by atoms with van der Waals surface area (Å²) in [6, 6.07) is 6.97. The quantitative estimate of drug-likeness (QED) is 0.823. The summed E-state index contributed by atoms with van der Waals surface area (Å²) in [4.78, 5) is 40.9. The highest BCUT2D eigenvalue weighted by atomic mass is 79.9. The second-order valence-electron chi connectivity index (χ2n) is 6.48. The number of hydrogen-bond acceptors (Lipinski definition) is 3. The molecule has 0 bridgehead atoms. The van der Waals surface area contributed by atoms with Gasteiger partial charge < -0.3 is 15.0 Å². The monoisotopic (exact) mass is 390 g/mol. The minimum absolute atomic E-state index is 0.215. The molecule has 2 heterocycles. The number of likely N-dealkylation sites (tertiary alicyclic amines) is 1. The molecule has 2 fully saturated rings. The van der Waals surface area contributed by atoms with Gasteiger partial charge in [-0.3, -0.25) is 14.4 Å². The molecular formula is C17H15BrN2O4. The zero-order chi connectivity index (χ0) is 17.1. The van der Waals surface area contributed by atoms with Crippen LogP contribution in [0.2, 0.25) is 0 Å². The maximum Gasteiger partial charge on any atom is 0.308 e. The number of benzene rings is 1. The molecule has 1 saturated heterocycles. The number of carbonyl (C=O) groups is 2. The molecule has 1 aromatic carbocycles. The number of nitrogens with zero attached hydrogens (tertiary/aromatic N) is 1. The van der Waals surface area contributed by atoms with Crippen LogP contribution >= 0.6 is 15.9 Å². The van der Waals surface area contributed by atoms with Crippen LogP contribution in [-0.4, -0.2) is 39.0 Å². The van der Waals surface area contributed by atoms with Gasteiger partial charge >= 0.3 is 5.97 Å². The fourth-order valence-corrected chi connectivity index (χ4v) is 4.20. The molecule has 7 heteroatoms. The summed E-state index contributed by atoms with van der Waals surface area (Å²) >= 11 is 3.33. The SMILES string of the molecule is O=C(O)C1CCN(C(=O)c2cc3ccc(Br)cc3c(=O)[nH]2)C12CC2. The molecule has 1 aliphatic carbocycles. The summed E-state index contributed by atoms with van der Waals surface area (Å²) in [7, 11) is 0. The Bertz CT molecular complexity index is 932. The van der Waals surface area contributed by atoms with Crippen molar-refractivity contribution in [3.05, 3.63) is 44.8 Å². The zero-order valence-corrected chi connectivity index (χ0v) is 14.3. The summed E-state index contributed by atoms with van der Waals surface area (Å²) in [5.74, 6) is -1.65. The number of carboxylic acids is 1. The predicted molar refractivity (Wildman–Crippen MR) is 91.0 cm³/mol. The first-order valence-electron chi connectivity index (χ1n) is 7.80. The van der Waals surface area contributed by atoms with E-state index < -0.39 is 17.4 Å². The molecule has 0 radical (unpaired) electrons. The standard InChI is InChI=1S/C17H15BrN2O4/c18-10-2-1-9-7-13(19-14(21)11(9)8-10)15(22)20-6-3-12(16(23)24)17(20)4-5-17/h1-2,7-8,12H,3-6H2,(H,19,21)(H,23,24). The molecule has 124 valence electrons. The maximum atomic E-state index is 12.9. The topological polar surface area (TPSA) is 90.5 Å². The van der Waals surface area contributed by atoms with E-state index in [-0.39, 0.29) is 17.2 Å². The van der Waals surface area contributed by atoms with Gasteiger partial charge in [-0.15, -0.1) is 0 Å². The lowest BCUT2D eigenvalue weighted by atomic mass is 9.98. The third kappa shape index (κ3) is 2.18. The van der Waals surface area contributed by atoms with Crippen molar-refractivity contribution in [2.75, 3.05) is 6.54 Å². The smallest absolute Gasteiger partial charge is 0.308 e. The van der Waals surface area contributed by atoms with Crippen molar-refractivity contribution in [2.45, 2.75) is 24.8 Å². The Morgan fingerprint density at radius 3 is 2.71 bits per heavy atom. The van der Waals surface area contributed by atoms with Crippen LogP contribution in [0.5, 0.6) is 0 Å². The molecular weight excluding hydrogens is 376 g/mol. The number of aliphatic carboxylic acids is 1. The number of pyridine rings is 1. The molecule has 4 rings (SSSR count). The molecule has 2 N–H and O–H groups in total. The molecule has 1 saturated carbocycles. The van der Waals surface area contributed by atoms with E-state index in [0.29, 0.717) is 36.6 Å². The summed E-state index contributed by atoms with van der Waals surface area (Å²) in [6.45, 7) is 0.413. The Balaban J connectivity index is 1.73. The summed E-state index contributed by atoms with van der Waals surface area (Å²) in [5, 5.41) is 10.6. The highest BCUT2D eigenvalue weighted by molar-refractivity contribution is 9.10. The largest absolute Gasteiger partial charge is 0.481 e. The van der Waals surface area contributed by atoms with E-state index in [1.54, 1.807) is 23.1 Å². The molecule has 1 spiro atoms. The third-order valence-corrected chi connectivity index (χ3v) is 5.66. The number of rotatable bonds is 2. The number of carboxylic acid groups (broad SMARTS) is 1. The molecule has 1 amide bonds. The Kier molecular flexibility index (Phi) is 3.32. The molecule has 6 nitrogen and oxygen atoms in total. The van der Waals surface area contributed by atoms with Crippen LogP contribution in [0.25, 0.3) is 10.8 Å². The van der Waals surface area contributed by atoms with Crippen LogP contribution in [0.15, 0.2) is 33.5 Å². The lowest BCUT2D eigenvalue weighted by Gasteiger charge is -2.26. The Labute approximate surface area is 145 Å². The highest BCUT2D eigenvalue weighted by Gasteiger charge is 2.61. The number of amides is 1. The van der Waals surface area contributed by atoms with Crippen LogP contribution in [0, 0.1) is 5.92 Å². The molecule has 1 aliphatic heterocycles. The number of H-pyrrole nitrogens is 1. The van der Waals surface area contributed by atoms with Crippen LogP contribution in [0.1, 0.15) is 29.8 Å². The van der Waals surface area contributed by atoms with E-state index in [2.05, 4.69) is 20.9 Å². The predicted octanol–water partition coefficient (Wildman–Crippen LogP) is 2.37. The lowest BCUT2D eigenvalue weighted by molar-refractivity contribution is -0.142. The van der Waals surface area contributed by atoms with Gasteiger partial charge in [0.15, 0.2) is 0 Å². The Hall–Kier alpha value is -2.15. The van der Waals surface area contributed by atoms with Gasteiger partial charge in [-0.2, -0.15) is 0 Å². The van der Waals surface area contributed by atoms with Crippen LogP contribution in [0.4, 0.5) is 0 Å². The molecule has 24 heavy (non-hydrogen) atoms. The number of aromatic nitrogens is 1. The van der Waals surface area contributed by atoms with Gasteiger partial charge in [0.1, 0.15) is 5.69 Å². The fraction of sp³-hybridized carbons (Fsp3) is 0.353. The van der Waals surface area contributed by atoms with Crippen LogP contribution in [-0.2, 0) is 4.79 Å². The molecule has 1 unspecified atom stereocenters. The zero-order valence-electron chi connectivity index (χ0n) is 12.7. The van der Waals surface area contributed by atoms with Crippen molar-refractivity contribution in [2.24, 2.45) is 5.92 Å². The van der Waals surface area contributed by atoms with Crippen LogP contribution in [0.3, 0.4) is 0 Å². The van der Waals surface area contributed by atoms with Crippen molar-refractivity contribution in [3.63, 3.8) is 0 Å². The average molecular weight is 391 g/mol. The third-order valence-electron chi connectivity index (χ3n) is 5.17. The van der Waals surface area contributed by atoms with Crippen molar-refractivity contribution in [3.8, 4) is 0 Å². The van der Waals surface area contributed by atoms with Gasteiger partial charge in [0.05, 0.1) is 11.5 Å². The van der Waals surface area contributed by atoms with Gasteiger partial charge in [0, 0.05) is 16.4 Å². The first-order chi connectivity index (χ1) is 11.4. The van der Waals surface area contributed by atoms with Crippen molar-refractivity contribution in [1.82, 2.24) is 9.88 Å². The molecule has 1 atom stereocenters. The van der Waals surface area contributed by atoms with Gasteiger partial charge in [-0.25, -0.2) is 0 Å². The molecule has 2 aromatic rings. The van der Waals surface area contributed by atoms with E-state index in [1.165, 1.54) is 0 Å². The van der Waals surface area contributed by atoms with E-state index >= 15 is 0 Å². The van der Waals surface area contributed by atoms with E-state index in [1.807, 2.05) is 6.07 Å². The average Bonchev–Trinajstić information content (AvgIpc) is 3.21. The molecule has 2 aliphatic rings. The van der Waals surface area contributed by atoms with E-state index in [9.17, 15) is 19.5 Å². The van der Waals surface area contributed by atoms with E-state index in [4.69, 9.17) is 0 Å². The number of aromatic amines is 1. The van der Waals surface area contributed by atoms with Crippen molar-refractivity contribution < 1.29 is 14.7 Å². The Morgan fingerprint density at radius 1 is 1.29 bits per heavy atom. The number of halogens is 1. The number of hydrogen-bond donors (Lipinski definition) is 2. The summed E-state index contributed by atoms with van der Waals surface area (Å²) in [5.41, 5.74) is -0.669. The van der Waals surface area contributed by atoms with Crippen molar-refractivity contribution >= 4 is 38.6 Å². The second kappa shape index (κ2) is 5.17. The second-order valence-corrected chi connectivity index (χ2v) is 7.40. The maximum absolute atomic E-state index is 12.9.